The molecule has 0 N–H and O–H groups in total. The van der Waals surface area contributed by atoms with Crippen LogP contribution in [0, 0.1) is 6.92 Å². The van der Waals surface area contributed by atoms with Crippen molar-refractivity contribution in [1.29, 1.82) is 0 Å². The van der Waals surface area contributed by atoms with E-state index >= 15 is 0 Å². The predicted molar refractivity (Wildman–Crippen MR) is 125 cm³/mol. The van der Waals surface area contributed by atoms with Gasteiger partial charge in [-0.2, -0.15) is 0 Å². The lowest BCUT2D eigenvalue weighted by Crippen LogP contribution is -2.52. The Morgan fingerprint density at radius 1 is 1.00 bits per heavy atom. The van der Waals surface area contributed by atoms with E-state index in [2.05, 4.69) is 42.9 Å². The second-order valence-electron chi connectivity index (χ2n) is 7.55. The normalized spacial score (nSPS) is 14.9. The highest BCUT2D eigenvalue weighted by atomic mass is 79.9. The van der Waals surface area contributed by atoms with Crippen molar-refractivity contribution < 1.29 is 9.53 Å². The summed E-state index contributed by atoms with van der Waals surface area (Å²) in [4.78, 5) is 26.2. The monoisotopic (exact) mass is 480 g/mol. The lowest BCUT2D eigenvalue weighted by atomic mass is 10.1. The molecule has 0 saturated carbocycles. The summed E-state index contributed by atoms with van der Waals surface area (Å²) < 4.78 is 6.81. The van der Waals surface area contributed by atoms with Crippen LogP contribution in [0.25, 0.3) is 11.3 Å². The number of carbonyl (C=O) groups is 1. The van der Waals surface area contributed by atoms with Crippen molar-refractivity contribution in [3.63, 3.8) is 0 Å². The molecule has 1 amide bonds. The Balaban J connectivity index is 1.39. The number of ether oxygens (including phenoxy) is 1. The summed E-state index contributed by atoms with van der Waals surface area (Å²) in [5.41, 5.74) is 1.99. The third kappa shape index (κ3) is 5.22. The van der Waals surface area contributed by atoms with Gasteiger partial charge in [-0.05, 0) is 38.1 Å². The molecule has 2 heterocycles. The number of anilines is 1. The number of nitrogens with zero attached hydrogens (tertiary/aromatic N) is 4. The maximum Gasteiger partial charge on any atom is 0.263 e. The zero-order valence-electron chi connectivity index (χ0n) is 17.7. The van der Waals surface area contributed by atoms with Gasteiger partial charge in [0.2, 0.25) is 0 Å². The number of hydrogen-bond donors (Lipinski definition) is 0. The Kier molecular flexibility index (Phi) is 6.51. The fourth-order valence-corrected chi connectivity index (χ4v) is 3.92. The molecule has 1 unspecified atom stereocenters. The molecule has 3 aromatic rings. The number of halogens is 1. The first kappa shape index (κ1) is 21.3. The lowest BCUT2D eigenvalue weighted by Gasteiger charge is -2.36. The molecule has 1 aliphatic rings. The van der Waals surface area contributed by atoms with Gasteiger partial charge >= 0.3 is 0 Å². The Morgan fingerprint density at radius 3 is 2.35 bits per heavy atom. The Bertz CT molecular complexity index is 1040. The van der Waals surface area contributed by atoms with Crippen LogP contribution in [-0.4, -0.2) is 53.1 Å². The number of amides is 1. The van der Waals surface area contributed by atoms with Gasteiger partial charge < -0.3 is 14.5 Å². The molecule has 1 aliphatic heterocycles. The minimum Gasteiger partial charge on any atom is -0.481 e. The molecule has 31 heavy (non-hydrogen) atoms. The van der Waals surface area contributed by atoms with Gasteiger partial charge in [0, 0.05) is 42.3 Å². The average molecular weight is 481 g/mol. The highest BCUT2D eigenvalue weighted by Crippen LogP contribution is 2.23. The van der Waals surface area contributed by atoms with Crippen LogP contribution in [0.1, 0.15) is 12.7 Å². The quantitative estimate of drug-likeness (QED) is 0.543. The summed E-state index contributed by atoms with van der Waals surface area (Å²) >= 11 is 3.41. The van der Waals surface area contributed by atoms with Crippen LogP contribution in [0.4, 0.5) is 5.82 Å². The first-order valence-corrected chi connectivity index (χ1v) is 11.2. The van der Waals surface area contributed by atoms with Crippen molar-refractivity contribution in [1.82, 2.24) is 14.9 Å². The van der Waals surface area contributed by atoms with Crippen LogP contribution in [0.2, 0.25) is 0 Å². The van der Waals surface area contributed by atoms with Crippen molar-refractivity contribution in [2.75, 3.05) is 31.1 Å². The molecule has 0 bridgehead atoms. The summed E-state index contributed by atoms with van der Waals surface area (Å²) in [6, 6.07) is 19.7. The summed E-state index contributed by atoms with van der Waals surface area (Å²) in [7, 11) is 0. The van der Waals surface area contributed by atoms with E-state index in [0.29, 0.717) is 18.8 Å². The second-order valence-corrected chi connectivity index (χ2v) is 8.47. The minimum atomic E-state index is -0.529. The molecule has 4 rings (SSSR count). The van der Waals surface area contributed by atoms with Crippen molar-refractivity contribution in [3.8, 4) is 17.0 Å². The van der Waals surface area contributed by atoms with Crippen LogP contribution in [-0.2, 0) is 4.79 Å². The summed E-state index contributed by atoms with van der Waals surface area (Å²) in [6.07, 6.45) is -0.529. The van der Waals surface area contributed by atoms with Crippen LogP contribution in [0.15, 0.2) is 65.1 Å². The largest absolute Gasteiger partial charge is 0.481 e. The van der Waals surface area contributed by atoms with Crippen molar-refractivity contribution in [3.05, 3.63) is 71.0 Å². The molecule has 6 nitrogen and oxygen atoms in total. The van der Waals surface area contributed by atoms with Gasteiger partial charge in [0.05, 0.1) is 5.69 Å². The standard InChI is InChI=1S/C24H25BrN4O2/c1-17(31-21-10-8-20(25)9-11-21)24(30)29-14-12-28(13-15-29)23-16-22(26-18(2)27-23)19-6-4-3-5-7-19/h3-11,16-17H,12-15H2,1-2H3. The molecular formula is C24H25BrN4O2. The number of aryl methyl sites for hydroxylation is 1. The molecule has 1 aromatic heterocycles. The summed E-state index contributed by atoms with van der Waals surface area (Å²) in [5.74, 6) is 2.34. The van der Waals surface area contributed by atoms with Gasteiger partial charge in [-0.3, -0.25) is 4.79 Å². The zero-order valence-corrected chi connectivity index (χ0v) is 19.2. The number of aromatic nitrogens is 2. The minimum absolute atomic E-state index is 0.00594. The Labute approximate surface area is 191 Å². The first-order valence-electron chi connectivity index (χ1n) is 10.4. The van der Waals surface area contributed by atoms with Gasteiger partial charge in [0.1, 0.15) is 17.4 Å². The average Bonchev–Trinajstić information content (AvgIpc) is 2.80. The molecule has 0 radical (unpaired) electrons. The maximum absolute atomic E-state index is 12.9. The van der Waals surface area contributed by atoms with Gasteiger partial charge in [0.15, 0.2) is 6.10 Å². The van der Waals surface area contributed by atoms with Crippen LogP contribution >= 0.6 is 15.9 Å². The van der Waals surface area contributed by atoms with Gasteiger partial charge in [0.25, 0.3) is 5.91 Å². The van der Waals surface area contributed by atoms with E-state index in [4.69, 9.17) is 4.74 Å². The first-order chi connectivity index (χ1) is 15.0. The Hall–Kier alpha value is -2.93. The van der Waals surface area contributed by atoms with E-state index in [9.17, 15) is 4.79 Å². The smallest absolute Gasteiger partial charge is 0.263 e. The zero-order chi connectivity index (χ0) is 21.8. The molecule has 160 valence electrons. The third-order valence-electron chi connectivity index (χ3n) is 5.28. The molecule has 0 spiro atoms. The van der Waals surface area contributed by atoms with Gasteiger partial charge in [-0.1, -0.05) is 46.3 Å². The number of benzene rings is 2. The van der Waals surface area contributed by atoms with E-state index in [1.54, 1.807) is 6.92 Å². The van der Waals surface area contributed by atoms with Crippen LogP contribution in [0.5, 0.6) is 5.75 Å². The molecule has 7 heteroatoms. The van der Waals surface area contributed by atoms with E-state index in [1.165, 1.54) is 0 Å². The highest BCUT2D eigenvalue weighted by molar-refractivity contribution is 9.10. The van der Waals surface area contributed by atoms with Crippen molar-refractivity contribution in [2.24, 2.45) is 0 Å². The van der Waals surface area contributed by atoms with E-state index < -0.39 is 6.10 Å². The number of rotatable bonds is 5. The molecular weight excluding hydrogens is 456 g/mol. The van der Waals surface area contributed by atoms with E-state index in [-0.39, 0.29) is 5.91 Å². The van der Waals surface area contributed by atoms with Crippen molar-refractivity contribution in [2.45, 2.75) is 20.0 Å². The summed E-state index contributed by atoms with van der Waals surface area (Å²) in [6.45, 7) is 6.43. The van der Waals surface area contributed by atoms with E-state index in [1.807, 2.05) is 60.4 Å². The molecule has 1 atom stereocenters. The summed E-state index contributed by atoms with van der Waals surface area (Å²) in [5, 5.41) is 0. The fraction of sp³-hybridized carbons (Fsp3) is 0.292. The molecule has 0 aliphatic carbocycles. The van der Waals surface area contributed by atoms with Crippen LogP contribution in [0.3, 0.4) is 0 Å². The highest BCUT2D eigenvalue weighted by Gasteiger charge is 2.27. The van der Waals surface area contributed by atoms with Gasteiger partial charge in [-0.25, -0.2) is 9.97 Å². The van der Waals surface area contributed by atoms with Gasteiger partial charge in [-0.15, -0.1) is 0 Å². The number of piperazine rings is 1. The molecule has 1 fully saturated rings. The Morgan fingerprint density at radius 2 is 1.68 bits per heavy atom. The molecule has 2 aromatic carbocycles. The van der Waals surface area contributed by atoms with Crippen LogP contribution < -0.4 is 9.64 Å². The predicted octanol–water partition coefficient (Wildman–Crippen LogP) is 4.33. The fourth-order valence-electron chi connectivity index (χ4n) is 3.65. The lowest BCUT2D eigenvalue weighted by molar-refractivity contribution is -0.138. The SMILES string of the molecule is Cc1nc(-c2ccccc2)cc(N2CCN(C(=O)C(C)Oc3ccc(Br)cc3)CC2)n1. The van der Waals surface area contributed by atoms with E-state index in [0.717, 1.165) is 40.5 Å². The number of hydrogen-bond acceptors (Lipinski definition) is 5. The van der Waals surface area contributed by atoms with Crippen molar-refractivity contribution >= 4 is 27.7 Å². The maximum atomic E-state index is 12.9. The second kappa shape index (κ2) is 9.47. The topological polar surface area (TPSA) is 58.6 Å². The third-order valence-corrected chi connectivity index (χ3v) is 5.81. The molecule has 1 saturated heterocycles. The number of carbonyl (C=O) groups excluding carboxylic acids is 1.